The van der Waals surface area contributed by atoms with Crippen LogP contribution >= 0.6 is 7.82 Å². The largest absolute Gasteiger partial charge is 0.756 e. The van der Waals surface area contributed by atoms with Gasteiger partial charge in [-0.3, -0.25) is 9.36 Å². The van der Waals surface area contributed by atoms with E-state index in [1.54, 1.807) is 6.08 Å². The van der Waals surface area contributed by atoms with Crippen molar-refractivity contribution in [2.24, 2.45) is 0 Å². The van der Waals surface area contributed by atoms with Crippen LogP contribution in [-0.4, -0.2) is 68.5 Å². The molecule has 2 N–H and O–H groups in total. The Balaban J connectivity index is 4.32. The molecule has 59 heavy (non-hydrogen) atoms. The number of hydrogen-bond acceptors (Lipinski definition) is 6. The van der Waals surface area contributed by atoms with Crippen LogP contribution in [0.5, 0.6) is 0 Å². The molecule has 0 radical (unpaired) electrons. The van der Waals surface area contributed by atoms with Gasteiger partial charge in [-0.25, -0.2) is 0 Å². The summed E-state index contributed by atoms with van der Waals surface area (Å²) in [7, 11) is 1.25. The van der Waals surface area contributed by atoms with Crippen molar-refractivity contribution >= 4 is 13.7 Å². The fraction of sp³-hybridized carbons (Fsp3) is 0.860. The van der Waals surface area contributed by atoms with Crippen molar-refractivity contribution in [1.82, 2.24) is 5.32 Å². The average molecular weight is 853 g/mol. The molecule has 0 aliphatic rings. The number of allylic oxidation sites excluding steroid dienone is 5. The van der Waals surface area contributed by atoms with E-state index in [-0.39, 0.29) is 19.1 Å². The Bertz CT molecular complexity index is 1060. The molecule has 0 bridgehead atoms. The average Bonchev–Trinajstić information content (AvgIpc) is 3.19. The molecule has 3 unspecified atom stereocenters. The van der Waals surface area contributed by atoms with Gasteiger partial charge in [-0.15, -0.1) is 0 Å². The van der Waals surface area contributed by atoms with Crippen molar-refractivity contribution in [2.45, 2.75) is 238 Å². The lowest BCUT2D eigenvalue weighted by atomic mass is 10.0. The number of unbranched alkanes of at least 4 members (excludes halogenated alkanes) is 29. The number of aliphatic hydroxyl groups is 1. The van der Waals surface area contributed by atoms with Gasteiger partial charge in [0.25, 0.3) is 7.82 Å². The molecule has 0 rings (SSSR count). The third-order valence-electron chi connectivity index (χ3n) is 11.1. The minimum atomic E-state index is -4.59. The molecule has 0 aromatic heterocycles. The standard InChI is InChI=1S/C50H97N2O6P/c1-6-8-10-12-14-16-18-20-22-23-24-25-26-27-28-30-31-33-35-37-39-41-43-49(53)48(47-58-59(55,56)57-46-45-52(3,4)5)51-50(54)44-42-40-38-36-34-32-29-21-19-17-15-13-11-9-7-2/h15,17,19,21,41,43,48-49,53H,6-14,16,18,20,22-40,42,44-47H2,1-5H3,(H-,51,54,55,56)/b17-15-,21-19-,43-41+. The second-order valence-corrected chi connectivity index (χ2v) is 19.6. The summed E-state index contributed by atoms with van der Waals surface area (Å²) in [6.07, 6.45) is 51.9. The molecule has 0 aromatic carbocycles. The van der Waals surface area contributed by atoms with Crippen LogP contribution in [0.25, 0.3) is 0 Å². The summed E-state index contributed by atoms with van der Waals surface area (Å²) >= 11 is 0. The number of likely N-dealkylation sites (N-methyl/N-ethyl adjacent to an activating group) is 1. The van der Waals surface area contributed by atoms with E-state index >= 15 is 0 Å². The lowest BCUT2D eigenvalue weighted by Crippen LogP contribution is -2.45. The summed E-state index contributed by atoms with van der Waals surface area (Å²) in [4.78, 5) is 25.4. The molecule has 0 fully saturated rings. The van der Waals surface area contributed by atoms with E-state index in [4.69, 9.17) is 9.05 Å². The lowest BCUT2D eigenvalue weighted by Gasteiger charge is -2.29. The van der Waals surface area contributed by atoms with Gasteiger partial charge in [0, 0.05) is 6.42 Å². The van der Waals surface area contributed by atoms with E-state index in [0.29, 0.717) is 17.4 Å². The SMILES string of the molecule is CCCCC/C=C\C=C/CCCCCCCCC(=O)NC(COP(=O)([O-])OCC[N+](C)(C)C)C(O)/C=C/CCCCCCCCCCCCCCCCCCCCCC. The van der Waals surface area contributed by atoms with Gasteiger partial charge >= 0.3 is 0 Å². The van der Waals surface area contributed by atoms with Gasteiger partial charge in [-0.05, 0) is 44.9 Å². The fourth-order valence-electron chi connectivity index (χ4n) is 7.14. The summed E-state index contributed by atoms with van der Waals surface area (Å²) in [6.45, 7) is 4.62. The van der Waals surface area contributed by atoms with Gasteiger partial charge in [0.2, 0.25) is 5.91 Å². The maximum absolute atomic E-state index is 12.9. The van der Waals surface area contributed by atoms with Crippen molar-refractivity contribution in [3.63, 3.8) is 0 Å². The third kappa shape index (κ3) is 44.6. The van der Waals surface area contributed by atoms with E-state index in [0.717, 1.165) is 57.8 Å². The van der Waals surface area contributed by atoms with Crippen LogP contribution in [0.3, 0.4) is 0 Å². The Morgan fingerprint density at radius 2 is 0.966 bits per heavy atom. The topological polar surface area (TPSA) is 108 Å². The highest BCUT2D eigenvalue weighted by atomic mass is 31.2. The highest BCUT2D eigenvalue weighted by Crippen LogP contribution is 2.38. The smallest absolute Gasteiger partial charge is 0.268 e. The summed E-state index contributed by atoms with van der Waals surface area (Å²) in [5.74, 6) is -0.209. The predicted molar refractivity (Wildman–Crippen MR) is 251 cm³/mol. The molecular formula is C50H97N2O6P. The number of nitrogens with one attached hydrogen (secondary N) is 1. The van der Waals surface area contributed by atoms with E-state index in [1.807, 2.05) is 27.2 Å². The van der Waals surface area contributed by atoms with Crippen molar-refractivity contribution in [2.75, 3.05) is 40.9 Å². The number of phosphoric ester groups is 1. The molecule has 0 heterocycles. The molecular weight excluding hydrogens is 756 g/mol. The Hall–Kier alpha value is -1.28. The molecule has 1 amide bonds. The van der Waals surface area contributed by atoms with Crippen molar-refractivity contribution in [3.05, 3.63) is 36.5 Å². The third-order valence-corrected chi connectivity index (χ3v) is 12.1. The van der Waals surface area contributed by atoms with Gasteiger partial charge in [0.05, 0.1) is 39.9 Å². The summed E-state index contributed by atoms with van der Waals surface area (Å²) in [5, 5.41) is 13.8. The van der Waals surface area contributed by atoms with Crippen molar-refractivity contribution in [3.8, 4) is 0 Å². The van der Waals surface area contributed by atoms with Crippen LogP contribution in [-0.2, 0) is 18.4 Å². The second kappa shape index (κ2) is 42.0. The second-order valence-electron chi connectivity index (χ2n) is 18.2. The molecule has 0 spiro atoms. The summed E-state index contributed by atoms with van der Waals surface area (Å²) in [6, 6.07) is -0.892. The Morgan fingerprint density at radius 1 is 0.593 bits per heavy atom. The first kappa shape index (κ1) is 57.7. The zero-order valence-electron chi connectivity index (χ0n) is 39.5. The van der Waals surface area contributed by atoms with E-state index in [1.165, 1.54) is 148 Å². The highest BCUT2D eigenvalue weighted by molar-refractivity contribution is 7.45. The Kier molecular flexibility index (Phi) is 41.1. The minimum absolute atomic E-state index is 0.00350. The number of nitrogens with zero attached hydrogens (tertiary/aromatic N) is 1. The van der Waals surface area contributed by atoms with E-state index in [9.17, 15) is 19.4 Å². The van der Waals surface area contributed by atoms with Crippen LogP contribution in [0.2, 0.25) is 0 Å². The summed E-state index contributed by atoms with van der Waals surface area (Å²) in [5.41, 5.74) is 0. The summed E-state index contributed by atoms with van der Waals surface area (Å²) < 4.78 is 23.2. The molecule has 8 nitrogen and oxygen atoms in total. The first-order chi connectivity index (χ1) is 28.5. The Labute approximate surface area is 366 Å². The number of rotatable bonds is 45. The maximum atomic E-state index is 12.9. The van der Waals surface area contributed by atoms with E-state index in [2.05, 4.69) is 43.5 Å². The number of amides is 1. The Morgan fingerprint density at radius 3 is 1.41 bits per heavy atom. The number of carbonyl (C=O) groups is 1. The normalized spacial score (nSPS) is 14.5. The molecule has 0 saturated carbocycles. The van der Waals surface area contributed by atoms with Crippen molar-refractivity contribution < 1.29 is 32.9 Å². The molecule has 9 heteroatoms. The number of quaternary nitrogens is 1. The van der Waals surface area contributed by atoms with Gasteiger partial charge < -0.3 is 28.8 Å². The number of phosphoric acid groups is 1. The highest BCUT2D eigenvalue weighted by Gasteiger charge is 2.23. The van der Waals surface area contributed by atoms with Gasteiger partial charge in [0.1, 0.15) is 13.2 Å². The first-order valence-corrected chi connectivity index (χ1v) is 26.3. The molecule has 0 aliphatic carbocycles. The van der Waals surface area contributed by atoms with Crippen LogP contribution in [0.1, 0.15) is 226 Å². The quantitative estimate of drug-likeness (QED) is 0.0208. The monoisotopic (exact) mass is 853 g/mol. The lowest BCUT2D eigenvalue weighted by molar-refractivity contribution is -0.870. The molecule has 0 aromatic rings. The first-order valence-electron chi connectivity index (χ1n) is 24.9. The molecule has 3 atom stereocenters. The number of hydrogen-bond donors (Lipinski definition) is 2. The van der Waals surface area contributed by atoms with Gasteiger partial charge in [-0.1, -0.05) is 211 Å². The number of carbonyl (C=O) groups excluding carboxylic acids is 1. The number of aliphatic hydroxyl groups excluding tert-OH is 1. The molecule has 348 valence electrons. The van der Waals surface area contributed by atoms with Gasteiger partial charge in [0.15, 0.2) is 0 Å². The maximum Gasteiger partial charge on any atom is 0.268 e. The molecule has 0 saturated heterocycles. The van der Waals surface area contributed by atoms with E-state index < -0.39 is 20.0 Å². The van der Waals surface area contributed by atoms with Crippen LogP contribution in [0.15, 0.2) is 36.5 Å². The van der Waals surface area contributed by atoms with Gasteiger partial charge in [-0.2, -0.15) is 0 Å². The van der Waals surface area contributed by atoms with Crippen LogP contribution < -0.4 is 10.2 Å². The van der Waals surface area contributed by atoms with Crippen LogP contribution in [0, 0.1) is 0 Å². The zero-order chi connectivity index (χ0) is 43.6. The fourth-order valence-corrected chi connectivity index (χ4v) is 7.87. The van der Waals surface area contributed by atoms with Crippen molar-refractivity contribution in [1.29, 1.82) is 0 Å². The zero-order valence-corrected chi connectivity index (χ0v) is 40.4. The minimum Gasteiger partial charge on any atom is -0.756 e. The van der Waals surface area contributed by atoms with Crippen LogP contribution in [0.4, 0.5) is 0 Å². The molecule has 0 aliphatic heterocycles. The predicted octanol–water partition coefficient (Wildman–Crippen LogP) is 13.6.